The Bertz CT molecular complexity index is 1860. The number of aryl methyl sites for hydroxylation is 2. The van der Waals surface area contributed by atoms with E-state index in [-0.39, 0.29) is 29.3 Å². The minimum absolute atomic E-state index is 0.0522. The fourth-order valence-electron chi connectivity index (χ4n) is 5.07. The van der Waals surface area contributed by atoms with Crippen molar-refractivity contribution in [2.45, 2.75) is 71.1 Å². The average Bonchev–Trinajstić information content (AvgIpc) is 3.68. The first kappa shape index (κ1) is 32.1. The van der Waals surface area contributed by atoms with Gasteiger partial charge >= 0.3 is 5.97 Å². The number of rotatable bonds is 11. The van der Waals surface area contributed by atoms with Crippen molar-refractivity contribution in [1.82, 2.24) is 19.9 Å². The smallest absolute Gasteiger partial charge is 0.329 e. The van der Waals surface area contributed by atoms with Gasteiger partial charge in [0.25, 0.3) is 17.4 Å². The largest absolute Gasteiger partial charge is 0.493 e. The van der Waals surface area contributed by atoms with E-state index in [9.17, 15) is 24.0 Å². The topological polar surface area (TPSA) is 172 Å². The molecule has 0 aliphatic carbocycles. The quantitative estimate of drug-likeness (QED) is 0.184. The number of carbonyl (C=O) groups is 4. The second-order valence-corrected chi connectivity index (χ2v) is 11.9. The first-order valence-electron chi connectivity index (χ1n) is 14.9. The lowest BCUT2D eigenvalue weighted by molar-refractivity contribution is -0.157. The molecule has 2 aromatic carbocycles. The summed E-state index contributed by atoms with van der Waals surface area (Å²) in [7, 11) is 1.45. The number of Topliss-reactive ketones (excluding diaryl/α,β-unsaturated/α-hetero) is 1. The van der Waals surface area contributed by atoms with Crippen molar-refractivity contribution in [2.75, 3.05) is 12.4 Å². The summed E-state index contributed by atoms with van der Waals surface area (Å²) in [4.78, 5) is 75.4. The van der Waals surface area contributed by atoms with Crippen LogP contribution in [0.25, 0.3) is 11.1 Å². The summed E-state index contributed by atoms with van der Waals surface area (Å²) in [6.07, 6.45) is 0.986. The first-order valence-corrected chi connectivity index (χ1v) is 14.9. The maximum atomic E-state index is 13.8. The molecule has 1 unspecified atom stereocenters. The van der Waals surface area contributed by atoms with Crippen LogP contribution in [0.5, 0.6) is 5.75 Å². The highest BCUT2D eigenvalue weighted by atomic mass is 16.6. The highest BCUT2D eigenvalue weighted by Gasteiger charge is 2.33. The maximum absolute atomic E-state index is 13.8. The number of ether oxygens (including phenoxy) is 2. The van der Waals surface area contributed by atoms with E-state index < -0.39 is 47.2 Å². The van der Waals surface area contributed by atoms with Gasteiger partial charge in [-0.2, -0.15) is 0 Å². The number of carbonyl (C=O) groups excluding carboxylic acids is 4. The van der Waals surface area contributed by atoms with Crippen LogP contribution in [0.4, 0.5) is 5.69 Å². The van der Waals surface area contributed by atoms with Crippen molar-refractivity contribution in [3.63, 3.8) is 0 Å². The SMILES string of the molecule is COc1cccc2nc(C(=O)CC(NC(=O)c3nc4n(c(=O)c3NC(=O)CCc3ccccc3)CCC4)C(=O)OC(C)(C)C)oc12. The van der Waals surface area contributed by atoms with E-state index in [0.29, 0.717) is 42.9 Å². The van der Waals surface area contributed by atoms with Crippen LogP contribution in [0.15, 0.2) is 57.7 Å². The molecule has 0 spiro atoms. The number of esters is 1. The fraction of sp³-hybridized carbons (Fsp3) is 0.364. The van der Waals surface area contributed by atoms with Crippen molar-refractivity contribution < 1.29 is 33.1 Å². The Kier molecular flexibility index (Phi) is 9.31. The molecular formula is C33H35N5O8. The molecule has 0 fully saturated rings. The summed E-state index contributed by atoms with van der Waals surface area (Å²) >= 11 is 0. The molecule has 0 radical (unpaired) electrons. The Morgan fingerprint density at radius 2 is 1.80 bits per heavy atom. The average molecular weight is 630 g/mol. The number of oxazole rings is 1. The number of ketones is 1. The molecule has 13 heteroatoms. The van der Waals surface area contributed by atoms with Crippen LogP contribution in [-0.2, 0) is 33.7 Å². The van der Waals surface area contributed by atoms with Gasteiger partial charge in [0.15, 0.2) is 17.0 Å². The third-order valence-corrected chi connectivity index (χ3v) is 7.22. The van der Waals surface area contributed by atoms with Gasteiger partial charge in [0.1, 0.15) is 28.7 Å². The zero-order valence-corrected chi connectivity index (χ0v) is 26.0. The number of nitrogens with one attached hydrogen (secondary N) is 2. The summed E-state index contributed by atoms with van der Waals surface area (Å²) in [5.41, 5.74) is -0.637. The molecule has 5 rings (SSSR count). The van der Waals surface area contributed by atoms with Crippen molar-refractivity contribution in [1.29, 1.82) is 0 Å². The number of hydrogen-bond acceptors (Lipinski definition) is 10. The third kappa shape index (κ3) is 7.31. The number of aromatic nitrogens is 3. The van der Waals surface area contributed by atoms with E-state index in [1.165, 1.54) is 11.7 Å². The zero-order valence-electron chi connectivity index (χ0n) is 26.0. The molecule has 2 aromatic heterocycles. The van der Waals surface area contributed by atoms with Crippen LogP contribution in [0.2, 0.25) is 0 Å². The number of benzene rings is 2. The minimum atomic E-state index is -1.50. The van der Waals surface area contributed by atoms with Crippen LogP contribution in [0.3, 0.4) is 0 Å². The summed E-state index contributed by atoms with van der Waals surface area (Å²) < 4.78 is 17.8. The molecular weight excluding hydrogens is 594 g/mol. The first-order chi connectivity index (χ1) is 21.9. The van der Waals surface area contributed by atoms with Gasteiger partial charge in [0, 0.05) is 25.8 Å². The summed E-state index contributed by atoms with van der Waals surface area (Å²) in [6.45, 7) is 5.32. The van der Waals surface area contributed by atoms with Crippen molar-refractivity contribution in [2.24, 2.45) is 0 Å². The van der Waals surface area contributed by atoms with Gasteiger partial charge in [-0.3, -0.25) is 23.7 Å². The molecule has 2 amide bonds. The van der Waals surface area contributed by atoms with Crippen LogP contribution >= 0.6 is 0 Å². The number of methoxy groups -OCH3 is 1. The Morgan fingerprint density at radius 1 is 1.04 bits per heavy atom. The van der Waals surface area contributed by atoms with Gasteiger partial charge in [0.2, 0.25) is 11.7 Å². The Morgan fingerprint density at radius 3 is 2.52 bits per heavy atom. The summed E-state index contributed by atoms with van der Waals surface area (Å²) in [6, 6.07) is 12.8. The molecule has 1 aliphatic rings. The molecule has 1 atom stereocenters. The second kappa shape index (κ2) is 13.3. The predicted molar refractivity (Wildman–Crippen MR) is 167 cm³/mol. The zero-order chi connectivity index (χ0) is 33.0. The van der Waals surface area contributed by atoms with Crippen molar-refractivity contribution in [3.05, 3.63) is 81.9 Å². The molecule has 4 aromatic rings. The highest BCUT2D eigenvalue weighted by Crippen LogP contribution is 2.27. The molecule has 46 heavy (non-hydrogen) atoms. The summed E-state index contributed by atoms with van der Waals surface area (Å²) in [5, 5.41) is 5.09. The highest BCUT2D eigenvalue weighted by molar-refractivity contribution is 6.04. The van der Waals surface area contributed by atoms with E-state index in [1.807, 2.05) is 30.3 Å². The van der Waals surface area contributed by atoms with E-state index >= 15 is 0 Å². The van der Waals surface area contributed by atoms with Crippen LogP contribution in [-0.4, -0.2) is 56.9 Å². The Hall–Kier alpha value is -5.33. The van der Waals surface area contributed by atoms with Crippen molar-refractivity contribution in [3.8, 4) is 5.75 Å². The lowest BCUT2D eigenvalue weighted by Gasteiger charge is -2.24. The lowest BCUT2D eigenvalue weighted by Crippen LogP contribution is -2.46. The molecule has 240 valence electrons. The lowest BCUT2D eigenvalue weighted by atomic mass is 10.1. The van der Waals surface area contributed by atoms with Gasteiger partial charge in [-0.1, -0.05) is 36.4 Å². The molecule has 1 aliphatic heterocycles. The number of amides is 2. The number of nitrogens with zero attached hydrogens (tertiary/aromatic N) is 3. The molecule has 0 saturated heterocycles. The second-order valence-electron chi connectivity index (χ2n) is 11.9. The van der Waals surface area contributed by atoms with E-state index in [1.54, 1.807) is 39.0 Å². The minimum Gasteiger partial charge on any atom is -0.493 e. The number of anilines is 1. The monoisotopic (exact) mass is 629 g/mol. The van der Waals surface area contributed by atoms with E-state index in [0.717, 1.165) is 5.56 Å². The Balaban J connectivity index is 1.42. The van der Waals surface area contributed by atoms with Gasteiger partial charge in [-0.25, -0.2) is 14.8 Å². The van der Waals surface area contributed by atoms with Gasteiger partial charge in [-0.05, 0) is 51.3 Å². The summed E-state index contributed by atoms with van der Waals surface area (Å²) in [5.74, 6) is -2.55. The molecule has 3 heterocycles. The molecule has 0 bridgehead atoms. The molecule has 0 saturated carbocycles. The maximum Gasteiger partial charge on any atom is 0.329 e. The van der Waals surface area contributed by atoms with E-state index in [4.69, 9.17) is 13.9 Å². The van der Waals surface area contributed by atoms with Crippen LogP contribution in [0.1, 0.15) is 72.6 Å². The normalized spacial score (nSPS) is 13.1. The van der Waals surface area contributed by atoms with E-state index in [2.05, 4.69) is 20.6 Å². The van der Waals surface area contributed by atoms with Gasteiger partial charge in [-0.15, -0.1) is 0 Å². The third-order valence-electron chi connectivity index (χ3n) is 7.22. The van der Waals surface area contributed by atoms with Crippen molar-refractivity contribution >= 4 is 40.4 Å². The number of fused-ring (bicyclic) bond motifs is 2. The number of hydrogen-bond donors (Lipinski definition) is 2. The fourth-order valence-corrected chi connectivity index (χ4v) is 5.07. The van der Waals surface area contributed by atoms with Gasteiger partial charge in [0.05, 0.1) is 7.11 Å². The standard InChI is InChI=1S/C33H35N5O8/c1-33(2,3)46-32(43)21(18-22(39)30-35-20-12-8-13-23(44-4)28(20)45-30)34-29(41)26-27(31(42)38-17-9-14-24(38)36-26)37-25(40)16-15-19-10-6-5-7-11-19/h5-8,10-13,21H,9,14-18H2,1-4H3,(H,34,41)(H,37,40). The molecule has 13 nitrogen and oxygen atoms in total. The van der Waals surface area contributed by atoms with Crippen LogP contribution < -0.4 is 20.9 Å². The number of para-hydroxylation sites is 1. The van der Waals surface area contributed by atoms with Gasteiger partial charge < -0.3 is 24.5 Å². The van der Waals surface area contributed by atoms with Crippen LogP contribution in [0, 0.1) is 0 Å². The molecule has 2 N–H and O–H groups in total. The predicted octanol–water partition coefficient (Wildman–Crippen LogP) is 3.62. The Labute approximate surface area is 264 Å².